The third kappa shape index (κ3) is 3.37. The molecule has 0 spiro atoms. The van der Waals surface area contributed by atoms with Gasteiger partial charge in [0.05, 0.1) is 0 Å². The molecule has 2 aromatic carbocycles. The van der Waals surface area contributed by atoms with Crippen molar-refractivity contribution in [2.45, 2.75) is 20.8 Å². The first-order valence-electron chi connectivity index (χ1n) is 4.32. The predicted octanol–water partition coefficient (Wildman–Crippen LogP) is 4.33. The van der Waals surface area contributed by atoms with Gasteiger partial charge in [0, 0.05) is 25.8 Å². The Kier molecular flexibility index (Phi) is 7.98. The van der Waals surface area contributed by atoms with E-state index in [0.29, 0.717) is 0 Å². The summed E-state index contributed by atoms with van der Waals surface area (Å²) in [6, 6.07) is 8.91. The Morgan fingerprint density at radius 1 is 1.00 bits per heavy atom. The molecule has 0 N–H and O–H groups in total. The van der Waals surface area contributed by atoms with Crippen molar-refractivity contribution < 1.29 is 25.8 Å². The van der Waals surface area contributed by atoms with Crippen molar-refractivity contribution in [3.05, 3.63) is 41.0 Å². The van der Waals surface area contributed by atoms with Gasteiger partial charge in [0.1, 0.15) is 0 Å². The van der Waals surface area contributed by atoms with E-state index in [-0.39, 0.29) is 50.7 Å². The van der Waals surface area contributed by atoms with Gasteiger partial charge in [-0.3, -0.25) is 0 Å². The maximum absolute atomic E-state index is 2.28. The molecular formula is C12H15Cl2Hf-. The second-order valence-corrected chi connectivity index (χ2v) is 3.54. The molecule has 0 heterocycles. The van der Waals surface area contributed by atoms with Crippen LogP contribution in [0.2, 0.25) is 0 Å². The number of halogens is 2. The molecule has 0 aliphatic heterocycles. The van der Waals surface area contributed by atoms with E-state index >= 15 is 0 Å². The molecule has 0 fully saturated rings. The summed E-state index contributed by atoms with van der Waals surface area (Å²) < 4.78 is 0. The zero-order valence-electron chi connectivity index (χ0n) is 9.13. The molecule has 0 aliphatic carbocycles. The van der Waals surface area contributed by atoms with Crippen molar-refractivity contribution in [1.82, 2.24) is 0 Å². The van der Waals surface area contributed by atoms with Crippen molar-refractivity contribution >= 4 is 35.6 Å². The molecule has 0 nitrogen and oxygen atoms in total. The fourth-order valence-electron chi connectivity index (χ4n) is 1.62. The first-order chi connectivity index (χ1) is 5.68. The van der Waals surface area contributed by atoms with Crippen LogP contribution in [0.4, 0.5) is 0 Å². The predicted molar refractivity (Wildman–Crippen MR) is 68.2 cm³/mol. The summed E-state index contributed by atoms with van der Waals surface area (Å²) in [6.45, 7) is 6.50. The van der Waals surface area contributed by atoms with Crippen molar-refractivity contribution in [2.75, 3.05) is 0 Å². The van der Waals surface area contributed by atoms with Crippen LogP contribution in [0, 0.1) is 20.8 Å². The van der Waals surface area contributed by atoms with Gasteiger partial charge in [0.15, 0.2) is 0 Å². The molecule has 0 aliphatic rings. The molecule has 3 heteroatoms. The van der Waals surface area contributed by atoms with Crippen LogP contribution in [0.1, 0.15) is 16.7 Å². The van der Waals surface area contributed by atoms with E-state index in [9.17, 15) is 0 Å². The molecule has 0 saturated carbocycles. The number of hydrogen-bond donors (Lipinski definition) is 0. The number of fused-ring (bicyclic) bond motifs is 1. The topological polar surface area (TPSA) is 0 Å². The number of aryl methyl sites for hydroxylation is 3. The summed E-state index contributed by atoms with van der Waals surface area (Å²) in [5.74, 6) is 0. The van der Waals surface area contributed by atoms with E-state index in [1.165, 1.54) is 27.5 Å². The van der Waals surface area contributed by atoms with Gasteiger partial charge in [0.25, 0.3) is 0 Å². The van der Waals surface area contributed by atoms with E-state index in [4.69, 9.17) is 0 Å². The van der Waals surface area contributed by atoms with Crippen LogP contribution in [0.15, 0.2) is 24.3 Å². The third-order valence-corrected chi connectivity index (χ3v) is 2.60. The Balaban J connectivity index is 0. The minimum absolute atomic E-state index is 0. The van der Waals surface area contributed by atoms with Crippen LogP contribution in [0.25, 0.3) is 10.8 Å². The second-order valence-electron chi connectivity index (χ2n) is 3.54. The molecule has 0 saturated heterocycles. The van der Waals surface area contributed by atoms with E-state index in [0.717, 1.165) is 0 Å². The van der Waals surface area contributed by atoms with Crippen molar-refractivity contribution in [2.24, 2.45) is 0 Å². The van der Waals surface area contributed by atoms with Gasteiger partial charge in [-0.25, -0.2) is 0 Å². The van der Waals surface area contributed by atoms with E-state index in [1.807, 2.05) is 0 Å². The summed E-state index contributed by atoms with van der Waals surface area (Å²) >= 11 is 0. The van der Waals surface area contributed by atoms with Crippen molar-refractivity contribution in [3.8, 4) is 0 Å². The van der Waals surface area contributed by atoms with Gasteiger partial charge in [-0.1, -0.05) is 18.1 Å². The molecule has 0 amide bonds. The van der Waals surface area contributed by atoms with Gasteiger partial charge >= 0.3 is 0 Å². The fourth-order valence-corrected chi connectivity index (χ4v) is 1.62. The summed E-state index contributed by atoms with van der Waals surface area (Å²) in [5, 5.41) is 2.77. The summed E-state index contributed by atoms with van der Waals surface area (Å²) in [4.78, 5) is 0. The van der Waals surface area contributed by atoms with Gasteiger partial charge in [-0.2, -0.15) is 12.1 Å². The Morgan fingerprint density at radius 3 is 2.13 bits per heavy atom. The van der Waals surface area contributed by atoms with Crippen LogP contribution < -0.4 is 0 Å². The largest absolute Gasteiger partial charge is 0.168 e. The molecule has 0 aromatic heterocycles. The fraction of sp³-hybridized carbons (Fsp3) is 0.250. The van der Waals surface area contributed by atoms with Gasteiger partial charge in [-0.15, -0.1) is 53.3 Å². The molecule has 0 bridgehead atoms. The van der Waals surface area contributed by atoms with E-state index < -0.39 is 0 Å². The van der Waals surface area contributed by atoms with Crippen molar-refractivity contribution in [1.29, 1.82) is 0 Å². The molecular weight excluding hydrogens is 394 g/mol. The molecule has 2 rings (SSSR count). The maximum Gasteiger partial charge on any atom is 0 e. The summed E-state index contributed by atoms with van der Waals surface area (Å²) in [7, 11) is 0. The number of hydrogen-bond acceptors (Lipinski definition) is 0. The molecule has 15 heavy (non-hydrogen) atoms. The van der Waals surface area contributed by atoms with Crippen LogP contribution in [-0.4, -0.2) is 0 Å². The monoisotopic (exact) mass is 409 g/mol. The Morgan fingerprint density at radius 2 is 1.53 bits per heavy atom. The Hall–Kier alpha value is 0.280. The van der Waals surface area contributed by atoms with Crippen molar-refractivity contribution in [3.63, 3.8) is 0 Å². The van der Waals surface area contributed by atoms with Crippen LogP contribution in [0.3, 0.4) is 0 Å². The molecule has 2 aromatic rings. The summed E-state index contributed by atoms with van der Waals surface area (Å²) in [5.41, 5.74) is 4.15. The zero-order chi connectivity index (χ0) is 8.72. The average molecular weight is 409 g/mol. The minimum Gasteiger partial charge on any atom is -0.168 e. The normalized spacial score (nSPS) is 8.73. The van der Waals surface area contributed by atoms with Crippen LogP contribution in [-0.2, 0) is 25.8 Å². The van der Waals surface area contributed by atoms with Gasteiger partial charge in [-0.05, 0) is 13.8 Å². The van der Waals surface area contributed by atoms with Crippen LogP contribution in [0.5, 0.6) is 0 Å². The number of rotatable bonds is 0. The second kappa shape index (κ2) is 6.78. The average Bonchev–Trinajstić information content (AvgIpc) is 2.35. The minimum atomic E-state index is 0. The molecule has 0 radical (unpaired) electrons. The van der Waals surface area contributed by atoms with Gasteiger partial charge < -0.3 is 0 Å². The Bertz CT molecular complexity index is 432. The SMILES string of the molecule is Cc1cc2cc[c-](C)c2cc1C.Cl.Cl.[Hf]. The Labute approximate surface area is 122 Å². The number of benzene rings is 1. The van der Waals surface area contributed by atoms with E-state index in [2.05, 4.69) is 45.0 Å². The quantitative estimate of drug-likeness (QED) is 0.450. The molecule has 0 unspecified atom stereocenters. The van der Waals surface area contributed by atoms with E-state index in [1.54, 1.807) is 0 Å². The molecule has 0 atom stereocenters. The van der Waals surface area contributed by atoms with Crippen LogP contribution >= 0.6 is 24.8 Å². The first-order valence-corrected chi connectivity index (χ1v) is 4.32. The zero-order valence-corrected chi connectivity index (χ0v) is 14.4. The standard InChI is InChI=1S/C12H13.2ClH.Hf/c1-8-4-5-11-6-9(2)10(3)7-12(8)11;;;/h4-7H,1-3H3;2*1H;/q-1;;;. The smallest absolute Gasteiger partial charge is 0 e. The van der Waals surface area contributed by atoms with Gasteiger partial charge in [0.2, 0.25) is 0 Å². The summed E-state index contributed by atoms with van der Waals surface area (Å²) in [6.07, 6.45) is 0. The maximum atomic E-state index is 2.28. The third-order valence-electron chi connectivity index (χ3n) is 2.60. The molecule has 82 valence electrons. The first kappa shape index (κ1) is 17.7.